The maximum atomic E-state index is 12.1. The topological polar surface area (TPSA) is 63.1 Å². The van der Waals surface area contributed by atoms with Gasteiger partial charge in [-0.25, -0.2) is 14.8 Å². The third-order valence-electron chi connectivity index (χ3n) is 1.18. The van der Waals surface area contributed by atoms with E-state index < -0.39 is 28.8 Å². The van der Waals surface area contributed by atoms with E-state index in [0.29, 0.717) is 6.07 Å². The molecular weight excluding hydrogens is 225 g/mol. The highest BCUT2D eigenvalue weighted by Crippen LogP contribution is 2.28. The molecule has 0 saturated carbocycles. The predicted octanol–water partition coefficient (Wildman–Crippen LogP) is 1.85. The summed E-state index contributed by atoms with van der Waals surface area (Å²) in [6.45, 7) is 0. The zero-order valence-electron chi connectivity index (χ0n) is 6.34. The van der Waals surface area contributed by atoms with E-state index in [-0.39, 0.29) is 0 Å². The summed E-state index contributed by atoms with van der Waals surface area (Å²) in [5, 5.41) is 7.78. The van der Waals surface area contributed by atoms with E-state index in [1.165, 1.54) is 0 Å². The fraction of sp³-hybridized carbons (Fsp3) is 0.167. The molecule has 0 aliphatic heterocycles. The number of hydrogen-bond donors (Lipinski definition) is 1. The molecule has 1 aromatic heterocycles. The Morgan fingerprint density at radius 2 is 2.00 bits per heavy atom. The Labute approximate surface area is 80.4 Å². The van der Waals surface area contributed by atoms with Gasteiger partial charge in [-0.15, -0.1) is 0 Å². The van der Waals surface area contributed by atoms with Crippen LogP contribution >= 0.6 is 11.6 Å². The standard InChI is InChI=1S/C6H2ClF3N2O2/c7-3-1-2(6(8,9)10)11-4(12-3)5(13)14/h1H,(H,13,14). The number of aromatic nitrogens is 2. The number of nitrogens with zero attached hydrogens (tertiary/aromatic N) is 2. The van der Waals surface area contributed by atoms with Crippen molar-refractivity contribution in [2.24, 2.45) is 0 Å². The minimum Gasteiger partial charge on any atom is -0.475 e. The molecule has 14 heavy (non-hydrogen) atoms. The molecule has 8 heteroatoms. The summed E-state index contributed by atoms with van der Waals surface area (Å²) in [5.41, 5.74) is -1.38. The number of carbonyl (C=O) groups is 1. The summed E-state index contributed by atoms with van der Waals surface area (Å²) >= 11 is 5.19. The van der Waals surface area contributed by atoms with Crippen LogP contribution in [0.25, 0.3) is 0 Å². The molecule has 0 fully saturated rings. The van der Waals surface area contributed by atoms with Crippen LogP contribution in [-0.4, -0.2) is 21.0 Å². The Morgan fingerprint density at radius 3 is 2.43 bits per heavy atom. The molecule has 0 bridgehead atoms. The van der Waals surface area contributed by atoms with Gasteiger partial charge >= 0.3 is 12.1 Å². The lowest BCUT2D eigenvalue weighted by atomic mass is 10.4. The van der Waals surface area contributed by atoms with Crippen molar-refractivity contribution in [1.29, 1.82) is 0 Å². The second-order valence-corrected chi connectivity index (χ2v) is 2.59. The van der Waals surface area contributed by atoms with Gasteiger partial charge in [-0.3, -0.25) is 0 Å². The number of hydrogen-bond acceptors (Lipinski definition) is 3. The van der Waals surface area contributed by atoms with Gasteiger partial charge in [0.15, 0.2) is 0 Å². The monoisotopic (exact) mass is 226 g/mol. The predicted molar refractivity (Wildman–Crippen MR) is 39.0 cm³/mol. The number of halogens is 4. The highest BCUT2D eigenvalue weighted by Gasteiger charge is 2.34. The second kappa shape index (κ2) is 3.41. The van der Waals surface area contributed by atoms with Gasteiger partial charge in [0, 0.05) is 6.07 Å². The van der Waals surface area contributed by atoms with E-state index in [0.717, 1.165) is 0 Å². The van der Waals surface area contributed by atoms with Gasteiger partial charge in [-0.1, -0.05) is 11.6 Å². The lowest BCUT2D eigenvalue weighted by Crippen LogP contribution is -2.13. The van der Waals surface area contributed by atoms with Crippen LogP contribution in [0.5, 0.6) is 0 Å². The third-order valence-corrected chi connectivity index (χ3v) is 1.37. The van der Waals surface area contributed by atoms with E-state index in [1.54, 1.807) is 0 Å². The average Bonchev–Trinajstić information content (AvgIpc) is 2.01. The molecule has 0 aliphatic carbocycles. The van der Waals surface area contributed by atoms with E-state index in [9.17, 15) is 18.0 Å². The average molecular weight is 227 g/mol. The van der Waals surface area contributed by atoms with Gasteiger partial charge in [-0.05, 0) is 0 Å². The first-order valence-electron chi connectivity index (χ1n) is 3.16. The van der Waals surface area contributed by atoms with Gasteiger partial charge in [0.1, 0.15) is 10.8 Å². The second-order valence-electron chi connectivity index (χ2n) is 2.20. The molecule has 0 spiro atoms. The largest absolute Gasteiger partial charge is 0.475 e. The van der Waals surface area contributed by atoms with E-state index in [1.807, 2.05) is 0 Å². The summed E-state index contributed by atoms with van der Waals surface area (Å²) in [5.74, 6) is -2.65. The molecule has 0 unspecified atom stereocenters. The third kappa shape index (κ3) is 2.32. The Kier molecular flexibility index (Phi) is 2.61. The van der Waals surface area contributed by atoms with E-state index >= 15 is 0 Å². The Morgan fingerprint density at radius 1 is 1.43 bits per heavy atom. The minimum absolute atomic E-state index is 0.452. The molecule has 76 valence electrons. The Balaban J connectivity index is 3.28. The van der Waals surface area contributed by atoms with Crippen molar-refractivity contribution in [3.05, 3.63) is 22.7 Å². The summed E-state index contributed by atoms with van der Waals surface area (Å²) in [4.78, 5) is 16.2. The first-order valence-corrected chi connectivity index (χ1v) is 3.53. The lowest BCUT2D eigenvalue weighted by molar-refractivity contribution is -0.141. The number of alkyl halides is 3. The van der Waals surface area contributed by atoms with Crippen molar-refractivity contribution in [2.75, 3.05) is 0 Å². The first-order chi connectivity index (χ1) is 6.30. The summed E-state index contributed by atoms with van der Waals surface area (Å²) in [6, 6.07) is 0.452. The smallest absolute Gasteiger partial charge is 0.433 e. The Bertz CT molecular complexity index is 380. The van der Waals surface area contributed by atoms with Crippen molar-refractivity contribution >= 4 is 17.6 Å². The van der Waals surface area contributed by atoms with Crippen LogP contribution in [0.3, 0.4) is 0 Å². The summed E-state index contributed by atoms with van der Waals surface area (Å²) in [6.07, 6.45) is -4.74. The molecule has 1 N–H and O–H groups in total. The minimum atomic E-state index is -4.74. The highest BCUT2D eigenvalue weighted by atomic mass is 35.5. The fourth-order valence-electron chi connectivity index (χ4n) is 0.658. The Hall–Kier alpha value is -1.37. The quantitative estimate of drug-likeness (QED) is 0.742. The molecular formula is C6H2ClF3N2O2. The van der Waals surface area contributed by atoms with Crippen LogP contribution in [0.4, 0.5) is 13.2 Å². The van der Waals surface area contributed by atoms with Crippen LogP contribution in [0.1, 0.15) is 16.3 Å². The molecule has 1 heterocycles. The van der Waals surface area contributed by atoms with Crippen molar-refractivity contribution < 1.29 is 23.1 Å². The van der Waals surface area contributed by atoms with E-state index in [2.05, 4.69) is 9.97 Å². The number of carboxylic acids is 1. The zero-order chi connectivity index (χ0) is 10.9. The molecule has 0 saturated heterocycles. The van der Waals surface area contributed by atoms with Gasteiger partial charge < -0.3 is 5.11 Å². The molecule has 1 aromatic rings. The molecule has 0 amide bonds. The summed E-state index contributed by atoms with van der Waals surface area (Å²) in [7, 11) is 0. The number of aromatic carboxylic acids is 1. The van der Waals surface area contributed by atoms with Gasteiger partial charge in [-0.2, -0.15) is 13.2 Å². The van der Waals surface area contributed by atoms with Gasteiger partial charge in [0.25, 0.3) is 0 Å². The molecule has 0 atom stereocenters. The van der Waals surface area contributed by atoms with Crippen LogP contribution in [-0.2, 0) is 6.18 Å². The van der Waals surface area contributed by atoms with Gasteiger partial charge in [0.05, 0.1) is 0 Å². The zero-order valence-corrected chi connectivity index (χ0v) is 7.10. The molecule has 0 radical (unpaired) electrons. The molecule has 0 aliphatic rings. The van der Waals surface area contributed by atoms with Crippen LogP contribution in [0.15, 0.2) is 6.07 Å². The lowest BCUT2D eigenvalue weighted by Gasteiger charge is -2.05. The number of carboxylic acid groups (broad SMARTS) is 1. The van der Waals surface area contributed by atoms with Crippen LogP contribution in [0, 0.1) is 0 Å². The van der Waals surface area contributed by atoms with Crippen LogP contribution < -0.4 is 0 Å². The van der Waals surface area contributed by atoms with Crippen molar-refractivity contribution in [3.63, 3.8) is 0 Å². The highest BCUT2D eigenvalue weighted by molar-refractivity contribution is 6.29. The molecule has 0 aromatic carbocycles. The summed E-state index contributed by atoms with van der Waals surface area (Å²) < 4.78 is 36.2. The van der Waals surface area contributed by atoms with Crippen molar-refractivity contribution in [1.82, 2.24) is 9.97 Å². The SMILES string of the molecule is O=C(O)c1nc(Cl)cc(C(F)(F)F)n1. The number of rotatable bonds is 1. The maximum Gasteiger partial charge on any atom is 0.433 e. The molecule has 1 rings (SSSR count). The van der Waals surface area contributed by atoms with Gasteiger partial charge in [0.2, 0.25) is 5.82 Å². The van der Waals surface area contributed by atoms with Crippen molar-refractivity contribution in [2.45, 2.75) is 6.18 Å². The normalized spacial score (nSPS) is 11.4. The fourth-order valence-corrected chi connectivity index (χ4v) is 0.842. The van der Waals surface area contributed by atoms with E-state index in [4.69, 9.17) is 16.7 Å². The maximum absolute atomic E-state index is 12.1. The van der Waals surface area contributed by atoms with Crippen LogP contribution in [0.2, 0.25) is 5.15 Å². The van der Waals surface area contributed by atoms with Crippen molar-refractivity contribution in [3.8, 4) is 0 Å². The molecule has 4 nitrogen and oxygen atoms in total. The first kappa shape index (κ1) is 10.7.